The third-order valence-electron chi connectivity index (χ3n) is 1.71. The Hall–Kier alpha value is -0.560. The van der Waals surface area contributed by atoms with Gasteiger partial charge in [-0.15, -0.1) is 11.3 Å². The highest BCUT2D eigenvalue weighted by molar-refractivity contribution is 9.10. The predicted octanol–water partition coefficient (Wildman–Crippen LogP) is 4.19. The van der Waals surface area contributed by atoms with Crippen molar-refractivity contribution in [2.24, 2.45) is 0 Å². The summed E-state index contributed by atoms with van der Waals surface area (Å²) in [6.45, 7) is 0. The molecule has 0 bridgehead atoms. The fourth-order valence-electron chi connectivity index (χ4n) is 1.17. The van der Waals surface area contributed by atoms with Crippen LogP contribution in [0, 0.1) is 11.3 Å². The molecule has 0 radical (unpaired) electrons. The first-order chi connectivity index (χ1) is 6.22. The molecule has 1 aromatic carbocycles. The molecular weight excluding hydrogens is 270 g/mol. The third-order valence-corrected chi connectivity index (χ3v) is 3.49. The number of hydrogen-bond acceptors (Lipinski definition) is 2. The second-order valence-corrected chi connectivity index (χ2v) is 4.72. The molecule has 0 N–H and O–H groups in total. The van der Waals surface area contributed by atoms with Crippen molar-refractivity contribution in [3.05, 3.63) is 32.6 Å². The number of nitriles is 1. The second-order valence-electron chi connectivity index (χ2n) is 2.52. The molecule has 4 heteroatoms. The van der Waals surface area contributed by atoms with E-state index in [1.165, 1.54) is 11.3 Å². The molecule has 2 aromatic rings. The van der Waals surface area contributed by atoms with Gasteiger partial charge in [-0.3, -0.25) is 0 Å². The highest BCUT2D eigenvalue weighted by atomic mass is 79.9. The molecule has 0 saturated carbocycles. The van der Waals surface area contributed by atoms with Crippen LogP contribution in [0.5, 0.6) is 0 Å². The Bertz CT molecular complexity index is 512. The molecule has 1 nitrogen and oxygen atoms in total. The summed E-state index contributed by atoms with van der Waals surface area (Å²) >= 11 is 10.8. The maximum atomic E-state index is 8.82. The van der Waals surface area contributed by atoms with E-state index in [1.807, 2.05) is 11.4 Å². The van der Waals surface area contributed by atoms with Crippen molar-refractivity contribution in [2.75, 3.05) is 0 Å². The number of nitrogens with zero attached hydrogens (tertiary/aromatic N) is 1. The van der Waals surface area contributed by atoms with Gasteiger partial charge in [0.15, 0.2) is 0 Å². The first-order valence-electron chi connectivity index (χ1n) is 3.48. The van der Waals surface area contributed by atoms with Crippen LogP contribution in [0.4, 0.5) is 0 Å². The smallest absolute Gasteiger partial charge is 0.101 e. The van der Waals surface area contributed by atoms with Crippen molar-refractivity contribution in [3.8, 4) is 6.07 Å². The van der Waals surface area contributed by atoms with Crippen LogP contribution < -0.4 is 0 Å². The van der Waals surface area contributed by atoms with Gasteiger partial charge in [0.1, 0.15) is 6.07 Å². The van der Waals surface area contributed by atoms with Gasteiger partial charge in [-0.05, 0) is 12.1 Å². The monoisotopic (exact) mass is 271 g/mol. The Kier molecular flexibility index (Phi) is 2.29. The summed E-state index contributed by atoms with van der Waals surface area (Å²) in [5, 5.41) is 12.3. The number of benzene rings is 1. The molecule has 0 spiro atoms. The van der Waals surface area contributed by atoms with Gasteiger partial charge in [-0.1, -0.05) is 27.5 Å². The quantitative estimate of drug-likeness (QED) is 0.705. The van der Waals surface area contributed by atoms with E-state index in [1.54, 1.807) is 6.07 Å². The Labute approximate surface area is 92.7 Å². The lowest BCUT2D eigenvalue weighted by Crippen LogP contribution is -1.73. The van der Waals surface area contributed by atoms with Crippen LogP contribution in [-0.2, 0) is 0 Å². The maximum Gasteiger partial charge on any atom is 0.101 e. The van der Waals surface area contributed by atoms with Gasteiger partial charge in [0, 0.05) is 25.0 Å². The number of thiophene rings is 1. The summed E-state index contributed by atoms with van der Waals surface area (Å²) in [6, 6.07) is 5.82. The largest absolute Gasteiger partial charge is 0.192 e. The Morgan fingerprint density at radius 1 is 1.46 bits per heavy atom. The van der Waals surface area contributed by atoms with Crippen LogP contribution in [-0.4, -0.2) is 0 Å². The molecule has 0 atom stereocenters. The molecular formula is C9H3BrClNS. The van der Waals surface area contributed by atoms with Crippen molar-refractivity contribution in [2.45, 2.75) is 0 Å². The summed E-state index contributed by atoms with van der Waals surface area (Å²) in [4.78, 5) is 0. The molecule has 0 unspecified atom stereocenters. The van der Waals surface area contributed by atoms with Crippen LogP contribution in [0.25, 0.3) is 10.1 Å². The molecule has 0 saturated heterocycles. The van der Waals surface area contributed by atoms with Crippen molar-refractivity contribution in [1.29, 1.82) is 5.26 Å². The van der Waals surface area contributed by atoms with Crippen LogP contribution in [0.3, 0.4) is 0 Å². The number of halogens is 2. The molecule has 0 amide bonds. The minimum absolute atomic E-state index is 0.686. The fraction of sp³-hybridized carbons (Fsp3) is 0. The average molecular weight is 273 g/mol. The van der Waals surface area contributed by atoms with E-state index in [4.69, 9.17) is 16.9 Å². The Morgan fingerprint density at radius 2 is 2.23 bits per heavy atom. The van der Waals surface area contributed by atoms with Crippen molar-refractivity contribution >= 4 is 49.0 Å². The van der Waals surface area contributed by atoms with Gasteiger partial charge in [0.2, 0.25) is 0 Å². The fourth-order valence-corrected chi connectivity index (χ4v) is 3.34. The summed E-state index contributed by atoms with van der Waals surface area (Å²) < 4.78 is 1.92. The van der Waals surface area contributed by atoms with E-state index in [0.29, 0.717) is 10.6 Å². The topological polar surface area (TPSA) is 23.8 Å². The van der Waals surface area contributed by atoms with Crippen LogP contribution >= 0.6 is 38.9 Å². The first kappa shape index (κ1) is 9.01. The molecule has 0 aliphatic carbocycles. The molecule has 1 heterocycles. The molecule has 2 rings (SSSR count). The van der Waals surface area contributed by atoms with E-state index in [2.05, 4.69) is 22.0 Å². The summed E-state index contributed by atoms with van der Waals surface area (Å²) in [5.41, 5.74) is 0.698. The minimum Gasteiger partial charge on any atom is -0.192 e. The highest BCUT2D eigenvalue weighted by Crippen LogP contribution is 2.34. The lowest BCUT2D eigenvalue weighted by molar-refractivity contribution is 1.51. The zero-order chi connectivity index (χ0) is 9.42. The molecule has 13 heavy (non-hydrogen) atoms. The van der Waals surface area contributed by atoms with Gasteiger partial charge >= 0.3 is 0 Å². The van der Waals surface area contributed by atoms with E-state index in [9.17, 15) is 0 Å². The highest BCUT2D eigenvalue weighted by Gasteiger charge is 2.07. The van der Waals surface area contributed by atoms with E-state index in [-0.39, 0.29) is 0 Å². The van der Waals surface area contributed by atoms with Gasteiger partial charge in [-0.2, -0.15) is 5.26 Å². The average Bonchev–Trinajstić information content (AvgIpc) is 2.47. The third kappa shape index (κ3) is 1.46. The first-order valence-corrected chi connectivity index (χ1v) is 5.54. The van der Waals surface area contributed by atoms with Gasteiger partial charge in [-0.25, -0.2) is 0 Å². The maximum absolute atomic E-state index is 8.82. The van der Waals surface area contributed by atoms with E-state index < -0.39 is 0 Å². The molecule has 0 aliphatic rings. The second kappa shape index (κ2) is 3.30. The van der Waals surface area contributed by atoms with E-state index in [0.717, 1.165) is 14.6 Å². The number of rotatable bonds is 0. The summed E-state index contributed by atoms with van der Waals surface area (Å²) in [7, 11) is 0. The van der Waals surface area contributed by atoms with Crippen molar-refractivity contribution in [3.63, 3.8) is 0 Å². The molecule has 1 aromatic heterocycles. The predicted molar refractivity (Wildman–Crippen MR) is 59.3 cm³/mol. The van der Waals surface area contributed by atoms with E-state index >= 15 is 0 Å². The normalized spacial score (nSPS) is 10.2. The zero-order valence-electron chi connectivity index (χ0n) is 6.34. The lowest BCUT2D eigenvalue weighted by Gasteiger charge is -1.95. The summed E-state index contributed by atoms with van der Waals surface area (Å²) in [5.74, 6) is 0. The Morgan fingerprint density at radius 3 is 2.92 bits per heavy atom. The van der Waals surface area contributed by atoms with Gasteiger partial charge in [0.25, 0.3) is 0 Å². The lowest BCUT2D eigenvalue weighted by atomic mass is 10.2. The number of fused-ring (bicyclic) bond motifs is 1. The molecule has 64 valence electrons. The molecule has 0 aliphatic heterocycles. The van der Waals surface area contributed by atoms with Crippen LogP contribution in [0.2, 0.25) is 5.02 Å². The van der Waals surface area contributed by atoms with Crippen molar-refractivity contribution < 1.29 is 0 Å². The molecule has 0 fully saturated rings. The number of hydrogen-bond donors (Lipinski definition) is 0. The standard InChI is InChI=1S/C9H3BrClNS/c10-7-1-6(11)2-8-9(7)5(3-12)4-13-8/h1-2,4H. The zero-order valence-corrected chi connectivity index (χ0v) is 9.50. The summed E-state index contributed by atoms with van der Waals surface area (Å²) in [6.07, 6.45) is 0. The van der Waals surface area contributed by atoms with Gasteiger partial charge in [0.05, 0.1) is 5.56 Å². The SMILES string of the molecule is N#Cc1csc2cc(Cl)cc(Br)c12. The van der Waals surface area contributed by atoms with Gasteiger partial charge < -0.3 is 0 Å². The van der Waals surface area contributed by atoms with Crippen molar-refractivity contribution in [1.82, 2.24) is 0 Å². The minimum atomic E-state index is 0.686. The van der Waals surface area contributed by atoms with Crippen LogP contribution in [0.15, 0.2) is 22.0 Å². The van der Waals surface area contributed by atoms with Crippen LogP contribution in [0.1, 0.15) is 5.56 Å². The Balaban J connectivity index is 2.92.